The average molecular weight is 223 g/mol. The van der Waals surface area contributed by atoms with Crippen molar-refractivity contribution in [2.24, 2.45) is 5.41 Å². The number of nitrogens with zero attached hydrogens (tertiary/aromatic N) is 1. The Morgan fingerprint density at radius 2 is 1.62 bits per heavy atom. The van der Waals surface area contributed by atoms with Gasteiger partial charge in [-0.25, -0.2) is 0 Å². The summed E-state index contributed by atoms with van der Waals surface area (Å²) in [6, 6.07) is 0.578. The Kier molecular flexibility index (Phi) is 3.89. The van der Waals surface area contributed by atoms with Crippen molar-refractivity contribution in [2.45, 2.75) is 72.4 Å². The second-order valence-corrected chi connectivity index (χ2v) is 7.15. The Hall–Kier alpha value is -0.300. The maximum absolute atomic E-state index is 4.37. The molecule has 1 saturated heterocycles. The van der Waals surface area contributed by atoms with E-state index in [0.717, 1.165) is 0 Å². The van der Waals surface area contributed by atoms with Crippen LogP contribution in [-0.2, 0) is 0 Å². The van der Waals surface area contributed by atoms with Crippen LogP contribution in [-0.4, -0.2) is 23.0 Å². The van der Waals surface area contributed by atoms with Crippen molar-refractivity contribution in [1.82, 2.24) is 4.90 Å². The van der Waals surface area contributed by atoms with Crippen LogP contribution >= 0.6 is 0 Å². The first-order valence-corrected chi connectivity index (χ1v) is 6.60. The molecular formula is C15H29N. The molecule has 1 aliphatic rings. The van der Waals surface area contributed by atoms with Crippen molar-refractivity contribution in [3.05, 3.63) is 12.2 Å². The van der Waals surface area contributed by atoms with Crippen molar-refractivity contribution in [3.63, 3.8) is 0 Å². The zero-order valence-electron chi connectivity index (χ0n) is 12.1. The summed E-state index contributed by atoms with van der Waals surface area (Å²) in [7, 11) is 0. The van der Waals surface area contributed by atoms with E-state index in [1.54, 1.807) is 0 Å². The summed E-state index contributed by atoms with van der Waals surface area (Å²) in [6.45, 7) is 19.4. The maximum atomic E-state index is 4.37. The highest BCUT2D eigenvalue weighted by Crippen LogP contribution is 2.36. The first-order valence-electron chi connectivity index (χ1n) is 6.60. The van der Waals surface area contributed by atoms with Crippen LogP contribution in [0.25, 0.3) is 0 Å². The molecule has 0 saturated carbocycles. The van der Waals surface area contributed by atoms with Crippen LogP contribution in [0.4, 0.5) is 0 Å². The van der Waals surface area contributed by atoms with Gasteiger partial charge in [0.25, 0.3) is 0 Å². The molecule has 94 valence electrons. The van der Waals surface area contributed by atoms with Gasteiger partial charge in [0.15, 0.2) is 0 Å². The molecule has 0 aromatic rings. The van der Waals surface area contributed by atoms with Crippen molar-refractivity contribution in [3.8, 4) is 0 Å². The molecule has 1 rings (SSSR count). The third kappa shape index (κ3) is 3.10. The first-order chi connectivity index (χ1) is 7.14. The third-order valence-corrected chi connectivity index (χ3v) is 3.73. The van der Waals surface area contributed by atoms with E-state index < -0.39 is 0 Å². The van der Waals surface area contributed by atoms with Crippen LogP contribution in [0.15, 0.2) is 12.2 Å². The number of hydrogen-bond acceptors (Lipinski definition) is 1. The van der Waals surface area contributed by atoms with E-state index in [1.165, 1.54) is 31.4 Å². The van der Waals surface area contributed by atoms with E-state index in [2.05, 4.69) is 53.0 Å². The molecular weight excluding hydrogens is 194 g/mol. The molecule has 1 nitrogen and oxygen atoms in total. The van der Waals surface area contributed by atoms with Gasteiger partial charge >= 0.3 is 0 Å². The summed E-state index contributed by atoms with van der Waals surface area (Å²) in [5.74, 6) is 0. The van der Waals surface area contributed by atoms with Crippen molar-refractivity contribution >= 4 is 0 Å². The molecule has 1 unspecified atom stereocenters. The minimum absolute atomic E-state index is 0.228. The van der Waals surface area contributed by atoms with Gasteiger partial charge in [0, 0.05) is 11.6 Å². The molecule has 0 N–H and O–H groups in total. The lowest BCUT2D eigenvalue weighted by Crippen LogP contribution is -2.52. The molecule has 0 radical (unpaired) electrons. The smallest absolute Gasteiger partial charge is 0.0315 e. The molecule has 0 amide bonds. The van der Waals surface area contributed by atoms with Gasteiger partial charge in [-0.2, -0.15) is 0 Å². The number of rotatable bonds is 1. The summed E-state index contributed by atoms with van der Waals surface area (Å²) >= 11 is 0. The van der Waals surface area contributed by atoms with Crippen LogP contribution in [0, 0.1) is 5.41 Å². The summed E-state index contributed by atoms with van der Waals surface area (Å²) in [5, 5.41) is 0. The summed E-state index contributed by atoms with van der Waals surface area (Å²) in [5.41, 5.74) is 1.90. The molecule has 1 fully saturated rings. The fourth-order valence-corrected chi connectivity index (χ4v) is 2.60. The van der Waals surface area contributed by atoms with Gasteiger partial charge in [0.2, 0.25) is 0 Å². The molecule has 0 aliphatic carbocycles. The molecule has 1 atom stereocenters. The van der Waals surface area contributed by atoms with E-state index in [-0.39, 0.29) is 11.0 Å². The van der Waals surface area contributed by atoms with Gasteiger partial charge in [0.1, 0.15) is 0 Å². The second kappa shape index (κ2) is 4.52. The topological polar surface area (TPSA) is 3.24 Å². The van der Waals surface area contributed by atoms with E-state index >= 15 is 0 Å². The molecule has 0 aromatic heterocycles. The average Bonchev–Trinajstić information content (AvgIpc) is 2.14. The van der Waals surface area contributed by atoms with Gasteiger partial charge in [0.05, 0.1) is 0 Å². The largest absolute Gasteiger partial charge is 0.292 e. The number of piperidine rings is 1. The van der Waals surface area contributed by atoms with Gasteiger partial charge in [-0.15, -0.1) is 0 Å². The van der Waals surface area contributed by atoms with Crippen molar-refractivity contribution in [1.29, 1.82) is 0 Å². The van der Waals surface area contributed by atoms with E-state index in [0.29, 0.717) is 6.04 Å². The van der Waals surface area contributed by atoms with Crippen LogP contribution in [0.3, 0.4) is 0 Å². The maximum Gasteiger partial charge on any atom is 0.0315 e. The van der Waals surface area contributed by atoms with E-state index in [9.17, 15) is 0 Å². The number of hydrogen-bond donors (Lipinski definition) is 0. The molecule has 16 heavy (non-hydrogen) atoms. The second-order valence-electron chi connectivity index (χ2n) is 7.15. The van der Waals surface area contributed by atoms with E-state index in [4.69, 9.17) is 0 Å². The lowest BCUT2D eigenvalue weighted by molar-refractivity contribution is 0.0608. The normalized spacial score (nSPS) is 24.5. The molecule has 1 heteroatoms. The van der Waals surface area contributed by atoms with Gasteiger partial charge in [-0.05, 0) is 45.6 Å². The Morgan fingerprint density at radius 1 is 1.06 bits per heavy atom. The Bertz CT molecular complexity index is 252. The summed E-state index contributed by atoms with van der Waals surface area (Å²) in [6.07, 6.45) is 3.98. The van der Waals surface area contributed by atoms with Crippen LogP contribution in [0.2, 0.25) is 0 Å². The van der Waals surface area contributed by atoms with Crippen LogP contribution in [0.1, 0.15) is 60.8 Å². The Morgan fingerprint density at radius 3 is 2.06 bits per heavy atom. The lowest BCUT2D eigenvalue weighted by atomic mass is 9.78. The summed E-state index contributed by atoms with van der Waals surface area (Å²) < 4.78 is 0. The van der Waals surface area contributed by atoms with Gasteiger partial charge in [-0.3, -0.25) is 4.90 Å². The van der Waals surface area contributed by atoms with Crippen molar-refractivity contribution < 1.29 is 0 Å². The highest BCUT2D eigenvalue weighted by Gasteiger charge is 2.35. The fourth-order valence-electron chi connectivity index (χ4n) is 2.60. The fraction of sp³-hybridized carbons (Fsp3) is 0.867. The predicted octanol–water partition coefficient (Wildman–Crippen LogP) is 4.24. The lowest BCUT2D eigenvalue weighted by Gasteiger charge is -2.47. The molecule has 1 aliphatic heterocycles. The van der Waals surface area contributed by atoms with E-state index in [1.807, 2.05) is 0 Å². The Labute approximate surface area is 102 Å². The number of likely N-dealkylation sites (tertiary alicyclic amines) is 1. The standard InChI is InChI=1S/C15H29N/c1-12(14(2,3)4)13-10-8-9-11-16(13)15(5,6)7/h13H,1,8-11H2,2-7H3. The third-order valence-electron chi connectivity index (χ3n) is 3.73. The highest BCUT2D eigenvalue weighted by atomic mass is 15.2. The quantitative estimate of drug-likeness (QED) is 0.601. The minimum Gasteiger partial charge on any atom is -0.292 e. The molecule has 0 aromatic carbocycles. The monoisotopic (exact) mass is 223 g/mol. The van der Waals surface area contributed by atoms with Gasteiger partial charge in [-0.1, -0.05) is 39.3 Å². The SMILES string of the molecule is C=C(C1CCCCN1C(C)(C)C)C(C)(C)C. The van der Waals surface area contributed by atoms with Crippen molar-refractivity contribution in [2.75, 3.05) is 6.54 Å². The molecule has 1 heterocycles. The zero-order valence-corrected chi connectivity index (χ0v) is 12.1. The molecule has 0 bridgehead atoms. The highest BCUT2D eigenvalue weighted by molar-refractivity contribution is 5.16. The van der Waals surface area contributed by atoms with Gasteiger partial charge < -0.3 is 0 Å². The van der Waals surface area contributed by atoms with Crippen LogP contribution < -0.4 is 0 Å². The first kappa shape index (κ1) is 13.8. The Balaban J connectivity index is 2.87. The predicted molar refractivity (Wildman–Crippen MR) is 72.7 cm³/mol. The summed E-state index contributed by atoms with van der Waals surface area (Å²) in [4.78, 5) is 2.64. The zero-order chi connectivity index (χ0) is 12.6. The van der Waals surface area contributed by atoms with Crippen LogP contribution in [0.5, 0.6) is 0 Å². The minimum atomic E-state index is 0.228. The molecule has 0 spiro atoms.